The van der Waals surface area contributed by atoms with E-state index in [4.69, 9.17) is 21.4 Å². The normalized spacial score (nSPS) is 10.1. The van der Waals surface area contributed by atoms with Gasteiger partial charge in [0.05, 0.1) is 13.2 Å². The van der Waals surface area contributed by atoms with Crippen molar-refractivity contribution in [2.75, 3.05) is 13.7 Å². The predicted octanol–water partition coefficient (Wildman–Crippen LogP) is 1.74. The average molecular weight is 258 g/mol. The summed E-state index contributed by atoms with van der Waals surface area (Å²) < 4.78 is 5.48. The van der Waals surface area contributed by atoms with E-state index in [0.29, 0.717) is 35.8 Å². The van der Waals surface area contributed by atoms with Gasteiger partial charge in [-0.3, -0.25) is 4.79 Å². The van der Waals surface area contributed by atoms with Gasteiger partial charge in [0.2, 0.25) is 5.91 Å². The third kappa shape index (κ3) is 4.63. The zero-order valence-electron chi connectivity index (χ0n) is 9.70. The van der Waals surface area contributed by atoms with Crippen molar-refractivity contribution in [1.29, 1.82) is 0 Å². The number of ether oxygens (including phenoxy) is 1. The number of carbonyl (C=O) groups excluding carboxylic acids is 1. The van der Waals surface area contributed by atoms with Crippen molar-refractivity contribution in [1.82, 2.24) is 5.32 Å². The number of rotatable bonds is 6. The van der Waals surface area contributed by atoms with Gasteiger partial charge in [0.25, 0.3) is 0 Å². The first-order valence-corrected chi connectivity index (χ1v) is 5.78. The second-order valence-corrected chi connectivity index (χ2v) is 3.97. The first-order chi connectivity index (χ1) is 8.17. The molecule has 0 aromatic heterocycles. The van der Waals surface area contributed by atoms with Crippen molar-refractivity contribution in [3.05, 3.63) is 28.8 Å². The van der Waals surface area contributed by atoms with Gasteiger partial charge in [-0.1, -0.05) is 11.6 Å². The monoisotopic (exact) mass is 257 g/mol. The van der Waals surface area contributed by atoms with E-state index in [0.717, 1.165) is 0 Å². The highest BCUT2D eigenvalue weighted by molar-refractivity contribution is 6.30. The van der Waals surface area contributed by atoms with Crippen LogP contribution in [0.15, 0.2) is 18.2 Å². The number of hydrogen-bond acceptors (Lipinski definition) is 3. The van der Waals surface area contributed by atoms with Crippen LogP contribution >= 0.6 is 11.6 Å². The molecule has 4 nitrogen and oxygen atoms in total. The summed E-state index contributed by atoms with van der Waals surface area (Å²) in [5.41, 5.74) is 0.650. The molecule has 5 heteroatoms. The number of carbonyl (C=O) groups is 1. The van der Waals surface area contributed by atoms with Crippen LogP contribution in [0.3, 0.4) is 0 Å². The van der Waals surface area contributed by atoms with Gasteiger partial charge in [-0.05, 0) is 24.6 Å². The molecule has 0 unspecified atom stereocenters. The Labute approximate surface area is 106 Å². The van der Waals surface area contributed by atoms with Crippen LogP contribution in [0.5, 0.6) is 5.75 Å². The molecule has 1 amide bonds. The maximum atomic E-state index is 11.0. The van der Waals surface area contributed by atoms with Crippen molar-refractivity contribution in [3.63, 3.8) is 0 Å². The topological polar surface area (TPSA) is 58.6 Å². The van der Waals surface area contributed by atoms with E-state index < -0.39 is 0 Å². The number of hydrogen-bond donors (Lipinski definition) is 2. The zero-order valence-corrected chi connectivity index (χ0v) is 10.5. The van der Waals surface area contributed by atoms with Gasteiger partial charge in [-0.2, -0.15) is 0 Å². The summed E-state index contributed by atoms with van der Waals surface area (Å²) in [5.74, 6) is 0.598. The molecule has 1 rings (SSSR count). The molecule has 0 saturated heterocycles. The number of aliphatic hydroxyl groups excluding tert-OH is 1. The number of amides is 1. The Hall–Kier alpha value is -1.26. The smallest absolute Gasteiger partial charge is 0.219 e. The molecule has 0 aliphatic carbocycles. The van der Waals surface area contributed by atoms with Gasteiger partial charge in [0.15, 0.2) is 0 Å². The lowest BCUT2D eigenvalue weighted by Gasteiger charge is -2.10. The van der Waals surface area contributed by atoms with Crippen LogP contribution in [0, 0.1) is 0 Å². The molecule has 2 N–H and O–H groups in total. The lowest BCUT2D eigenvalue weighted by Crippen LogP contribution is -2.18. The largest absolute Gasteiger partial charge is 0.493 e. The summed E-state index contributed by atoms with van der Waals surface area (Å²) in [4.78, 5) is 11.0. The van der Waals surface area contributed by atoms with E-state index in [9.17, 15) is 4.79 Å². The molecule has 0 radical (unpaired) electrons. The molecule has 0 spiro atoms. The highest BCUT2D eigenvalue weighted by Gasteiger charge is 2.04. The van der Waals surface area contributed by atoms with Crippen LogP contribution in [-0.2, 0) is 11.4 Å². The first kappa shape index (κ1) is 13.8. The molecule has 1 aromatic rings. The summed E-state index contributed by atoms with van der Waals surface area (Å²) in [7, 11) is 1.60. The number of nitrogens with one attached hydrogen (secondary N) is 1. The van der Waals surface area contributed by atoms with E-state index in [1.165, 1.54) is 0 Å². The first-order valence-electron chi connectivity index (χ1n) is 5.40. The Balaban J connectivity index is 2.43. The van der Waals surface area contributed by atoms with Crippen LogP contribution in [0.1, 0.15) is 18.4 Å². The quantitative estimate of drug-likeness (QED) is 0.763. The Morgan fingerprint density at radius 1 is 1.53 bits per heavy atom. The molecule has 94 valence electrons. The van der Waals surface area contributed by atoms with Crippen molar-refractivity contribution in [3.8, 4) is 5.75 Å². The molecule has 0 aliphatic heterocycles. The molecular formula is C12H16ClNO3. The van der Waals surface area contributed by atoms with Crippen LogP contribution in [0.4, 0.5) is 0 Å². The van der Waals surface area contributed by atoms with Crippen molar-refractivity contribution >= 4 is 17.5 Å². The highest BCUT2D eigenvalue weighted by atomic mass is 35.5. The summed E-state index contributed by atoms with van der Waals surface area (Å²) in [6.45, 7) is 0.313. The fraction of sp³-hybridized carbons (Fsp3) is 0.417. The fourth-order valence-corrected chi connectivity index (χ4v) is 1.55. The summed E-state index contributed by atoms with van der Waals surface area (Å²) in [6, 6.07) is 5.08. The zero-order chi connectivity index (χ0) is 12.7. The maximum absolute atomic E-state index is 11.0. The number of halogens is 1. The van der Waals surface area contributed by atoms with Crippen molar-refractivity contribution in [2.45, 2.75) is 19.4 Å². The Morgan fingerprint density at radius 3 is 2.94 bits per heavy atom. The van der Waals surface area contributed by atoms with Gasteiger partial charge in [-0.25, -0.2) is 0 Å². The third-order valence-corrected chi connectivity index (χ3v) is 2.51. The SMILES string of the molecule is CNC(=O)CCCOc1ccc(Cl)cc1CO. The molecule has 0 fully saturated rings. The van der Waals surface area contributed by atoms with Gasteiger partial charge in [0.1, 0.15) is 5.75 Å². The standard InChI is InChI=1S/C12H16ClNO3/c1-14-12(16)3-2-6-17-11-5-4-10(13)7-9(11)8-15/h4-5,7,15H,2-3,6,8H2,1H3,(H,14,16). The molecule has 0 heterocycles. The minimum absolute atomic E-state index is 0.00733. The molecule has 1 aromatic carbocycles. The lowest BCUT2D eigenvalue weighted by atomic mass is 10.2. The van der Waals surface area contributed by atoms with Gasteiger partial charge in [-0.15, -0.1) is 0 Å². The maximum Gasteiger partial charge on any atom is 0.219 e. The van der Waals surface area contributed by atoms with E-state index in [1.807, 2.05) is 0 Å². The minimum Gasteiger partial charge on any atom is -0.493 e. The lowest BCUT2D eigenvalue weighted by molar-refractivity contribution is -0.120. The van der Waals surface area contributed by atoms with E-state index in [1.54, 1.807) is 25.2 Å². The van der Waals surface area contributed by atoms with Gasteiger partial charge >= 0.3 is 0 Å². The summed E-state index contributed by atoms with van der Waals surface area (Å²) in [5, 5.41) is 12.2. The molecule has 0 saturated carbocycles. The van der Waals surface area contributed by atoms with Crippen LogP contribution in [0.25, 0.3) is 0 Å². The number of benzene rings is 1. The minimum atomic E-state index is -0.120. The van der Waals surface area contributed by atoms with Crippen molar-refractivity contribution in [2.24, 2.45) is 0 Å². The molecule has 0 bridgehead atoms. The van der Waals surface area contributed by atoms with E-state index in [2.05, 4.69) is 5.32 Å². The van der Waals surface area contributed by atoms with Crippen molar-refractivity contribution < 1.29 is 14.6 Å². The van der Waals surface area contributed by atoms with Crippen LogP contribution in [-0.4, -0.2) is 24.7 Å². The predicted molar refractivity (Wildman–Crippen MR) is 66.2 cm³/mol. The van der Waals surface area contributed by atoms with Crippen LogP contribution in [0.2, 0.25) is 5.02 Å². The van der Waals surface area contributed by atoms with E-state index >= 15 is 0 Å². The number of aliphatic hydroxyl groups is 1. The van der Waals surface area contributed by atoms with Gasteiger partial charge in [0, 0.05) is 24.1 Å². The second kappa shape index (κ2) is 7.14. The Bertz CT molecular complexity index is 382. The molecule has 0 aliphatic rings. The van der Waals surface area contributed by atoms with Crippen LogP contribution < -0.4 is 10.1 Å². The average Bonchev–Trinajstić information content (AvgIpc) is 2.35. The second-order valence-electron chi connectivity index (χ2n) is 3.54. The molecular weight excluding hydrogens is 242 g/mol. The summed E-state index contributed by atoms with van der Waals surface area (Å²) >= 11 is 5.80. The molecule has 0 atom stereocenters. The van der Waals surface area contributed by atoms with Gasteiger partial charge < -0.3 is 15.2 Å². The highest BCUT2D eigenvalue weighted by Crippen LogP contribution is 2.23. The summed E-state index contributed by atoms with van der Waals surface area (Å²) in [6.07, 6.45) is 1.06. The van der Waals surface area contributed by atoms with E-state index in [-0.39, 0.29) is 12.5 Å². The third-order valence-electron chi connectivity index (χ3n) is 2.28. The molecule has 17 heavy (non-hydrogen) atoms. The fourth-order valence-electron chi connectivity index (χ4n) is 1.35. The Morgan fingerprint density at radius 2 is 2.29 bits per heavy atom. The Kier molecular flexibility index (Phi) is 5.80.